The first-order valence-corrected chi connectivity index (χ1v) is 20.1. The highest BCUT2D eigenvalue weighted by Crippen LogP contribution is 2.33. The number of rotatable bonds is 5. The molecule has 0 fully saturated rings. The summed E-state index contributed by atoms with van der Waals surface area (Å²) >= 11 is 0. The van der Waals surface area contributed by atoms with Crippen LogP contribution in [-0.4, -0.2) is 9.97 Å². The molecule has 1 aliphatic heterocycles. The maximum atomic E-state index is 5.21. The molecule has 0 atom stereocenters. The molecule has 0 amide bonds. The van der Waals surface area contributed by atoms with E-state index in [1.165, 1.54) is 38.6 Å². The molecule has 2 aliphatic rings. The zero-order valence-electron chi connectivity index (χ0n) is 34.5. The van der Waals surface area contributed by atoms with E-state index in [0.717, 1.165) is 56.2 Å². The Bertz CT molecular complexity index is 2470. The summed E-state index contributed by atoms with van der Waals surface area (Å²) in [5, 5.41) is 5.61. The third-order valence-electron chi connectivity index (χ3n) is 9.00. The smallest absolute Gasteiger partial charge is 0.160 e. The summed E-state index contributed by atoms with van der Waals surface area (Å²) in [7, 11) is 0. The average Bonchev–Trinajstić information content (AvgIpc) is 3.60. The van der Waals surface area contributed by atoms with Gasteiger partial charge in [-0.3, -0.25) is 4.99 Å². The molecule has 0 radical (unpaired) electrons. The molecule has 2 bridgehead atoms. The fraction of sp³-hybridized carbons (Fsp3) is 0.212. The molecule has 280 valence electrons. The molecule has 2 heterocycles. The van der Waals surface area contributed by atoms with Crippen molar-refractivity contribution in [2.75, 3.05) is 0 Å². The van der Waals surface area contributed by atoms with Gasteiger partial charge in [0.15, 0.2) is 5.82 Å². The van der Waals surface area contributed by atoms with Gasteiger partial charge in [0.25, 0.3) is 0 Å². The van der Waals surface area contributed by atoms with Gasteiger partial charge < -0.3 is 0 Å². The minimum absolute atomic E-state index is 0.720. The van der Waals surface area contributed by atoms with Crippen LogP contribution in [0.1, 0.15) is 86.8 Å². The van der Waals surface area contributed by atoms with Crippen LogP contribution in [0.2, 0.25) is 0 Å². The van der Waals surface area contributed by atoms with Crippen LogP contribution < -0.4 is 10.6 Å². The van der Waals surface area contributed by atoms with Crippen LogP contribution in [0.25, 0.3) is 55.5 Å². The standard InChI is InChI=1S/C44H33N3.4C2H6/c1-3-11-29(4-2)30-18-24-34(25-19-30)44-46-40-17-10-9-16-38(40)42(47-44)33-22-20-32(21-23-33)41-35-13-5-7-14-36(28-35)45-43-37-15-8-6-12-31(37)26-27-39(41)43;4*1-2/h3-27H,28H2,1-2H3;4*1-2H3/b11-3-,29-4+;;;;. The van der Waals surface area contributed by atoms with Crippen molar-refractivity contribution in [3.05, 3.63) is 185 Å². The van der Waals surface area contributed by atoms with Crippen LogP contribution in [0.15, 0.2) is 168 Å². The van der Waals surface area contributed by atoms with Crippen LogP contribution in [-0.2, 0) is 0 Å². The van der Waals surface area contributed by atoms with Gasteiger partial charge in [-0.25, -0.2) is 9.97 Å². The Labute approximate surface area is 329 Å². The Morgan fingerprint density at radius 1 is 0.582 bits per heavy atom. The molecule has 1 aromatic heterocycles. The van der Waals surface area contributed by atoms with Gasteiger partial charge in [0.05, 0.1) is 16.6 Å². The van der Waals surface area contributed by atoms with Gasteiger partial charge in [-0.15, -0.1) is 0 Å². The molecule has 0 saturated carbocycles. The topological polar surface area (TPSA) is 38.1 Å². The second kappa shape index (κ2) is 21.1. The van der Waals surface area contributed by atoms with Gasteiger partial charge in [0.2, 0.25) is 0 Å². The Morgan fingerprint density at radius 3 is 1.89 bits per heavy atom. The van der Waals surface area contributed by atoms with Crippen molar-refractivity contribution in [1.82, 2.24) is 9.97 Å². The number of para-hydroxylation sites is 1. The van der Waals surface area contributed by atoms with Crippen LogP contribution in [0, 0.1) is 0 Å². The molecular formula is C52H57N3. The Hall–Kier alpha value is -5.93. The van der Waals surface area contributed by atoms with Gasteiger partial charge >= 0.3 is 0 Å². The lowest BCUT2D eigenvalue weighted by molar-refractivity contribution is 1.10. The van der Waals surface area contributed by atoms with E-state index in [-0.39, 0.29) is 0 Å². The fourth-order valence-electron chi connectivity index (χ4n) is 6.71. The molecular weight excluding hydrogens is 667 g/mol. The van der Waals surface area contributed by atoms with Crippen molar-refractivity contribution in [3.63, 3.8) is 0 Å². The van der Waals surface area contributed by atoms with Gasteiger partial charge in [-0.2, -0.15) is 0 Å². The average molecular weight is 724 g/mol. The SMILES string of the molecule is C/C=C\C(=C/C)c1ccc(-c2nc(-c3ccc(C4=c5ccc6ccccc6c5=NC5=CC=CC=C4C5)cc3)c3ccccc3n2)cc1.CC.CC.CC.CC. The zero-order valence-corrected chi connectivity index (χ0v) is 34.5. The van der Waals surface area contributed by atoms with E-state index >= 15 is 0 Å². The highest BCUT2D eigenvalue weighted by molar-refractivity contribution is 5.94. The molecule has 5 aromatic carbocycles. The third kappa shape index (κ3) is 9.24. The van der Waals surface area contributed by atoms with Crippen molar-refractivity contribution in [2.45, 2.75) is 75.7 Å². The van der Waals surface area contributed by atoms with Gasteiger partial charge in [0.1, 0.15) is 0 Å². The number of fused-ring (bicyclic) bond motifs is 6. The fourth-order valence-corrected chi connectivity index (χ4v) is 6.71. The molecule has 0 unspecified atom stereocenters. The normalized spacial score (nSPS) is 12.8. The van der Waals surface area contributed by atoms with Gasteiger partial charge in [-0.05, 0) is 59.2 Å². The molecule has 0 N–H and O–H groups in total. The van der Waals surface area contributed by atoms with Crippen LogP contribution in [0.4, 0.5) is 0 Å². The minimum atomic E-state index is 0.720. The molecule has 1 aliphatic carbocycles. The lowest BCUT2D eigenvalue weighted by Gasteiger charge is -2.13. The summed E-state index contributed by atoms with van der Waals surface area (Å²) in [6.45, 7) is 20.1. The Morgan fingerprint density at radius 2 is 1.20 bits per heavy atom. The predicted octanol–water partition coefficient (Wildman–Crippen LogP) is 13.8. The molecule has 0 spiro atoms. The van der Waals surface area contributed by atoms with Crippen molar-refractivity contribution in [3.8, 4) is 22.6 Å². The van der Waals surface area contributed by atoms with Crippen molar-refractivity contribution in [1.29, 1.82) is 0 Å². The summed E-state index contributed by atoms with van der Waals surface area (Å²) in [5.41, 5.74) is 11.0. The van der Waals surface area contributed by atoms with Crippen molar-refractivity contribution >= 4 is 32.8 Å². The highest BCUT2D eigenvalue weighted by Gasteiger charge is 2.18. The van der Waals surface area contributed by atoms with Crippen molar-refractivity contribution < 1.29 is 0 Å². The molecule has 8 rings (SSSR count). The number of nitrogens with zero attached hydrogens (tertiary/aromatic N) is 3. The summed E-state index contributed by atoms with van der Waals surface area (Å²) in [5.74, 6) is 0.720. The van der Waals surface area contributed by atoms with E-state index in [1.807, 2.05) is 68.4 Å². The van der Waals surface area contributed by atoms with Crippen LogP contribution in [0.5, 0.6) is 0 Å². The van der Waals surface area contributed by atoms with Crippen LogP contribution in [0.3, 0.4) is 0 Å². The molecule has 3 nitrogen and oxygen atoms in total. The first kappa shape index (κ1) is 41.8. The largest absolute Gasteiger partial charge is 0.252 e. The molecule has 3 heteroatoms. The first-order valence-electron chi connectivity index (χ1n) is 20.1. The monoisotopic (exact) mass is 723 g/mol. The number of hydrogen-bond acceptors (Lipinski definition) is 3. The second-order valence-corrected chi connectivity index (χ2v) is 11.9. The Balaban J connectivity index is 0.000000792. The quantitative estimate of drug-likeness (QED) is 0.166. The second-order valence-electron chi connectivity index (χ2n) is 11.9. The van der Waals surface area contributed by atoms with E-state index < -0.39 is 0 Å². The summed E-state index contributed by atoms with van der Waals surface area (Å²) in [6, 6.07) is 38.7. The number of aromatic nitrogens is 2. The van der Waals surface area contributed by atoms with E-state index in [2.05, 4.69) is 153 Å². The molecule has 6 aromatic rings. The highest BCUT2D eigenvalue weighted by atomic mass is 14.9. The van der Waals surface area contributed by atoms with E-state index in [0.29, 0.717) is 0 Å². The summed E-state index contributed by atoms with van der Waals surface area (Å²) in [6.07, 6.45) is 15.7. The van der Waals surface area contributed by atoms with Gasteiger partial charge in [-0.1, -0.05) is 195 Å². The first-order chi connectivity index (χ1) is 27.2. The van der Waals surface area contributed by atoms with Crippen molar-refractivity contribution in [2.24, 2.45) is 4.99 Å². The third-order valence-corrected chi connectivity index (χ3v) is 9.00. The minimum Gasteiger partial charge on any atom is -0.252 e. The Kier molecular flexibility index (Phi) is 16.0. The van der Waals surface area contributed by atoms with Gasteiger partial charge in [0, 0.05) is 39.2 Å². The zero-order chi connectivity index (χ0) is 39.7. The predicted molar refractivity (Wildman–Crippen MR) is 241 cm³/mol. The molecule has 55 heavy (non-hydrogen) atoms. The number of hydrogen-bond donors (Lipinski definition) is 0. The number of benzene rings is 5. The lowest BCUT2D eigenvalue weighted by atomic mass is 9.91. The number of allylic oxidation sites excluding steroid dienone is 9. The van der Waals surface area contributed by atoms with Crippen LogP contribution >= 0.6 is 0 Å². The molecule has 0 saturated heterocycles. The maximum Gasteiger partial charge on any atom is 0.160 e. The lowest BCUT2D eigenvalue weighted by Crippen LogP contribution is -2.28. The van der Waals surface area contributed by atoms with E-state index in [4.69, 9.17) is 15.0 Å². The van der Waals surface area contributed by atoms with E-state index in [9.17, 15) is 0 Å². The van der Waals surface area contributed by atoms with E-state index in [1.54, 1.807) is 0 Å². The maximum absolute atomic E-state index is 5.21. The summed E-state index contributed by atoms with van der Waals surface area (Å²) in [4.78, 5) is 15.4. The summed E-state index contributed by atoms with van der Waals surface area (Å²) < 4.78 is 0.